The fraction of sp³-hybridized carbons (Fsp3) is 0.800. The van der Waals surface area contributed by atoms with Gasteiger partial charge in [-0.25, -0.2) is 0 Å². The molecule has 62 valence electrons. The van der Waals surface area contributed by atoms with Crippen LogP contribution in [0.3, 0.4) is 0 Å². The fourth-order valence-corrected chi connectivity index (χ4v) is 2.38. The topological polar surface area (TPSA) is 12.0 Å². The Hall–Kier alpha value is -0.300. The third-order valence-corrected chi connectivity index (χ3v) is 3.31. The Morgan fingerprint density at radius 2 is 2.27 bits per heavy atom. The van der Waals surface area contributed by atoms with Crippen LogP contribution < -0.4 is 5.32 Å². The van der Waals surface area contributed by atoms with Crippen LogP contribution in [0.4, 0.5) is 0 Å². The van der Waals surface area contributed by atoms with Gasteiger partial charge >= 0.3 is 0 Å². The van der Waals surface area contributed by atoms with Gasteiger partial charge in [-0.2, -0.15) is 0 Å². The third kappa shape index (κ3) is 1.22. The molecule has 2 rings (SSSR count). The zero-order valence-corrected chi connectivity index (χ0v) is 7.10. The summed E-state index contributed by atoms with van der Waals surface area (Å²) in [6, 6.07) is 0. The average Bonchev–Trinajstić information content (AvgIpc) is 2.02. The van der Waals surface area contributed by atoms with Crippen molar-refractivity contribution in [3.05, 3.63) is 12.7 Å². The van der Waals surface area contributed by atoms with E-state index in [1.165, 1.54) is 38.6 Å². The molecule has 1 heteroatoms. The summed E-state index contributed by atoms with van der Waals surface area (Å²) in [5, 5.41) is 3.65. The monoisotopic (exact) mass is 151 g/mol. The molecule has 1 nitrogen and oxygen atoms in total. The predicted octanol–water partition coefficient (Wildman–Crippen LogP) is 2.09. The molecule has 0 bridgehead atoms. The lowest BCUT2D eigenvalue weighted by Gasteiger charge is -2.48. The highest BCUT2D eigenvalue weighted by molar-refractivity contribution is 5.02. The number of piperidine rings is 1. The highest BCUT2D eigenvalue weighted by atomic mass is 15.0. The number of nitrogens with one attached hydrogen (secondary N) is 1. The van der Waals surface area contributed by atoms with Crippen molar-refractivity contribution < 1.29 is 0 Å². The van der Waals surface area contributed by atoms with Crippen LogP contribution in [0.15, 0.2) is 12.7 Å². The Bertz CT molecular complexity index is 158. The summed E-state index contributed by atoms with van der Waals surface area (Å²) in [5.41, 5.74) is 0.553. The summed E-state index contributed by atoms with van der Waals surface area (Å²) in [4.78, 5) is 0. The molecule has 1 unspecified atom stereocenters. The first-order valence-electron chi connectivity index (χ1n) is 4.72. The largest absolute Gasteiger partial charge is 0.311 e. The Kier molecular flexibility index (Phi) is 1.76. The highest BCUT2D eigenvalue weighted by Gasteiger charge is 2.39. The lowest BCUT2D eigenvalue weighted by Crippen LogP contribution is -2.55. The van der Waals surface area contributed by atoms with E-state index in [1.54, 1.807) is 0 Å². The standard InChI is InChI=1S/C10H17N/c1-2-9-4-7-11-10(8-9)5-3-6-10/h2,9,11H,1,3-8H2. The van der Waals surface area contributed by atoms with Crippen molar-refractivity contribution in [2.75, 3.05) is 6.54 Å². The van der Waals surface area contributed by atoms with Crippen LogP contribution in [-0.4, -0.2) is 12.1 Å². The van der Waals surface area contributed by atoms with Crippen molar-refractivity contribution >= 4 is 0 Å². The van der Waals surface area contributed by atoms with Gasteiger partial charge in [-0.3, -0.25) is 0 Å². The summed E-state index contributed by atoms with van der Waals surface area (Å²) in [5.74, 6) is 0.788. The van der Waals surface area contributed by atoms with E-state index in [0.717, 1.165) is 5.92 Å². The van der Waals surface area contributed by atoms with Crippen LogP contribution in [0.2, 0.25) is 0 Å². The first kappa shape index (κ1) is 7.35. The molecular formula is C10H17N. The van der Waals surface area contributed by atoms with E-state index in [9.17, 15) is 0 Å². The Labute approximate surface area is 68.9 Å². The van der Waals surface area contributed by atoms with E-state index in [0.29, 0.717) is 5.54 Å². The number of allylic oxidation sites excluding steroid dienone is 1. The Morgan fingerprint density at radius 3 is 2.82 bits per heavy atom. The molecule has 1 saturated heterocycles. The molecule has 0 aromatic rings. The maximum atomic E-state index is 3.88. The summed E-state index contributed by atoms with van der Waals surface area (Å²) < 4.78 is 0. The summed E-state index contributed by atoms with van der Waals surface area (Å²) in [6.07, 6.45) is 9.01. The van der Waals surface area contributed by atoms with Crippen molar-refractivity contribution in [1.82, 2.24) is 5.32 Å². The second kappa shape index (κ2) is 2.63. The van der Waals surface area contributed by atoms with Crippen molar-refractivity contribution in [2.24, 2.45) is 5.92 Å². The van der Waals surface area contributed by atoms with E-state index < -0.39 is 0 Å². The fourth-order valence-electron chi connectivity index (χ4n) is 2.38. The molecule has 1 N–H and O–H groups in total. The van der Waals surface area contributed by atoms with Crippen molar-refractivity contribution in [1.29, 1.82) is 0 Å². The molecule has 2 aliphatic rings. The van der Waals surface area contributed by atoms with Gasteiger partial charge in [0, 0.05) is 5.54 Å². The minimum atomic E-state index is 0.553. The molecule has 0 amide bonds. The minimum Gasteiger partial charge on any atom is -0.311 e. The molecule has 0 aromatic heterocycles. The zero-order valence-electron chi connectivity index (χ0n) is 7.10. The van der Waals surface area contributed by atoms with E-state index >= 15 is 0 Å². The van der Waals surface area contributed by atoms with E-state index in [1.807, 2.05) is 0 Å². The first-order valence-corrected chi connectivity index (χ1v) is 4.72. The van der Waals surface area contributed by atoms with Gasteiger partial charge in [0.25, 0.3) is 0 Å². The molecular weight excluding hydrogens is 134 g/mol. The predicted molar refractivity (Wildman–Crippen MR) is 47.5 cm³/mol. The van der Waals surface area contributed by atoms with E-state index in [4.69, 9.17) is 0 Å². The third-order valence-electron chi connectivity index (χ3n) is 3.31. The smallest absolute Gasteiger partial charge is 0.0187 e. The lowest BCUT2D eigenvalue weighted by atomic mass is 9.69. The Morgan fingerprint density at radius 1 is 1.45 bits per heavy atom. The van der Waals surface area contributed by atoms with Gasteiger partial charge in [-0.15, -0.1) is 6.58 Å². The molecule has 11 heavy (non-hydrogen) atoms. The molecule has 0 aromatic carbocycles. The van der Waals surface area contributed by atoms with Gasteiger partial charge in [-0.05, 0) is 44.6 Å². The molecule has 0 radical (unpaired) electrons. The lowest BCUT2D eigenvalue weighted by molar-refractivity contribution is 0.121. The number of hydrogen-bond donors (Lipinski definition) is 1. The average molecular weight is 151 g/mol. The number of hydrogen-bond acceptors (Lipinski definition) is 1. The summed E-state index contributed by atoms with van der Waals surface area (Å²) >= 11 is 0. The van der Waals surface area contributed by atoms with Crippen LogP contribution in [0.25, 0.3) is 0 Å². The second-order valence-electron chi connectivity index (χ2n) is 4.05. The maximum Gasteiger partial charge on any atom is 0.0187 e. The zero-order chi connectivity index (χ0) is 7.73. The molecule has 1 aliphatic carbocycles. The summed E-state index contributed by atoms with van der Waals surface area (Å²) in [6.45, 7) is 5.09. The maximum absolute atomic E-state index is 3.88. The summed E-state index contributed by atoms with van der Waals surface area (Å²) in [7, 11) is 0. The van der Waals surface area contributed by atoms with Gasteiger partial charge in [0.15, 0.2) is 0 Å². The van der Waals surface area contributed by atoms with Crippen LogP contribution in [0, 0.1) is 5.92 Å². The van der Waals surface area contributed by atoms with E-state index in [-0.39, 0.29) is 0 Å². The van der Waals surface area contributed by atoms with Crippen molar-refractivity contribution in [3.8, 4) is 0 Å². The van der Waals surface area contributed by atoms with E-state index in [2.05, 4.69) is 18.0 Å². The molecule has 1 saturated carbocycles. The van der Waals surface area contributed by atoms with Crippen LogP contribution in [0.1, 0.15) is 32.1 Å². The normalized spacial score (nSPS) is 34.7. The van der Waals surface area contributed by atoms with Gasteiger partial charge in [-0.1, -0.05) is 6.08 Å². The van der Waals surface area contributed by atoms with Gasteiger partial charge in [0.2, 0.25) is 0 Å². The Balaban J connectivity index is 1.97. The first-order chi connectivity index (χ1) is 5.35. The highest BCUT2D eigenvalue weighted by Crippen LogP contribution is 2.40. The van der Waals surface area contributed by atoms with Gasteiger partial charge < -0.3 is 5.32 Å². The molecule has 2 fully saturated rings. The van der Waals surface area contributed by atoms with Gasteiger partial charge in [0.05, 0.1) is 0 Å². The SMILES string of the molecule is C=CC1CCNC2(CCC2)C1. The van der Waals surface area contributed by atoms with Crippen molar-refractivity contribution in [2.45, 2.75) is 37.6 Å². The van der Waals surface area contributed by atoms with Crippen molar-refractivity contribution in [3.63, 3.8) is 0 Å². The second-order valence-corrected chi connectivity index (χ2v) is 4.05. The quantitative estimate of drug-likeness (QED) is 0.566. The van der Waals surface area contributed by atoms with Crippen LogP contribution in [-0.2, 0) is 0 Å². The molecule has 1 atom stereocenters. The minimum absolute atomic E-state index is 0.553. The number of rotatable bonds is 1. The van der Waals surface area contributed by atoms with Crippen LogP contribution >= 0.6 is 0 Å². The molecule has 1 heterocycles. The van der Waals surface area contributed by atoms with Crippen LogP contribution in [0.5, 0.6) is 0 Å². The molecule has 1 aliphatic heterocycles. The molecule has 1 spiro atoms. The van der Waals surface area contributed by atoms with Gasteiger partial charge in [0.1, 0.15) is 0 Å².